The van der Waals surface area contributed by atoms with Crippen LogP contribution in [-0.4, -0.2) is 53.3 Å². The van der Waals surface area contributed by atoms with E-state index in [2.05, 4.69) is 44.2 Å². The number of anilines is 2. The molecule has 0 amide bonds. The Morgan fingerprint density at radius 2 is 2.12 bits per heavy atom. The summed E-state index contributed by atoms with van der Waals surface area (Å²) in [6, 6.07) is 8.48. The van der Waals surface area contributed by atoms with Crippen molar-refractivity contribution in [2.45, 2.75) is 13.0 Å². The fourth-order valence-corrected chi connectivity index (χ4v) is 3.27. The minimum Gasteiger partial charge on any atom is -0.495 e. The van der Waals surface area contributed by atoms with Crippen molar-refractivity contribution in [3.8, 4) is 5.75 Å². The molecule has 0 radical (unpaired) electrons. The summed E-state index contributed by atoms with van der Waals surface area (Å²) in [6.07, 6.45) is 3.65. The van der Waals surface area contributed by atoms with Crippen molar-refractivity contribution in [3.05, 3.63) is 42.2 Å². The number of aromatic nitrogens is 3. The van der Waals surface area contributed by atoms with E-state index in [1.807, 2.05) is 18.3 Å². The van der Waals surface area contributed by atoms with Gasteiger partial charge in [0.1, 0.15) is 11.4 Å². The Kier molecular flexibility index (Phi) is 4.73. The van der Waals surface area contributed by atoms with Gasteiger partial charge >= 0.3 is 0 Å². The molecular weight excluding hydrogens is 330 g/mol. The summed E-state index contributed by atoms with van der Waals surface area (Å²) in [7, 11) is 1.68. The van der Waals surface area contributed by atoms with Crippen LogP contribution in [0.25, 0.3) is 11.0 Å². The number of hydrogen-bond donors (Lipinski definition) is 2. The number of nitrogens with zero attached hydrogens (tertiary/aromatic N) is 3. The number of nitrogens with one attached hydrogen (secondary N) is 2. The Morgan fingerprint density at radius 1 is 1.27 bits per heavy atom. The minimum atomic E-state index is 0.313. The highest BCUT2D eigenvalue weighted by molar-refractivity contribution is 5.76. The number of fused-ring (bicyclic) bond motifs is 1. The van der Waals surface area contributed by atoms with Crippen LogP contribution in [-0.2, 0) is 4.74 Å². The Balaban J connectivity index is 1.56. The van der Waals surface area contributed by atoms with E-state index in [1.54, 1.807) is 13.3 Å². The monoisotopic (exact) mass is 353 g/mol. The molecule has 7 nitrogen and oxygen atoms in total. The van der Waals surface area contributed by atoms with Crippen molar-refractivity contribution >= 4 is 22.7 Å². The van der Waals surface area contributed by atoms with E-state index < -0.39 is 0 Å². The first-order valence-electron chi connectivity index (χ1n) is 8.81. The zero-order valence-electron chi connectivity index (χ0n) is 15.0. The molecule has 0 saturated carbocycles. The zero-order chi connectivity index (χ0) is 17.9. The fourth-order valence-electron chi connectivity index (χ4n) is 3.27. The zero-order valence-corrected chi connectivity index (χ0v) is 15.0. The molecule has 0 bridgehead atoms. The van der Waals surface area contributed by atoms with Crippen LogP contribution in [0.5, 0.6) is 5.75 Å². The van der Waals surface area contributed by atoms with E-state index in [1.165, 1.54) is 5.56 Å². The minimum absolute atomic E-state index is 0.313. The lowest BCUT2D eigenvalue weighted by molar-refractivity contribution is 0.0198. The Morgan fingerprint density at radius 3 is 2.92 bits per heavy atom. The largest absolute Gasteiger partial charge is 0.495 e. The van der Waals surface area contributed by atoms with Crippen molar-refractivity contribution in [3.63, 3.8) is 0 Å². The van der Waals surface area contributed by atoms with Gasteiger partial charge in [-0.15, -0.1) is 0 Å². The van der Waals surface area contributed by atoms with E-state index in [4.69, 9.17) is 9.47 Å². The van der Waals surface area contributed by atoms with Crippen LogP contribution in [0.3, 0.4) is 0 Å². The Bertz CT molecular complexity index is 889. The van der Waals surface area contributed by atoms with Gasteiger partial charge in [-0.2, -0.15) is 4.98 Å². The quantitative estimate of drug-likeness (QED) is 0.734. The second-order valence-corrected chi connectivity index (χ2v) is 6.38. The highest BCUT2D eigenvalue weighted by Gasteiger charge is 2.19. The molecule has 1 aliphatic heterocycles. The molecule has 1 fully saturated rings. The molecule has 4 rings (SSSR count). The van der Waals surface area contributed by atoms with Gasteiger partial charge < -0.3 is 19.8 Å². The van der Waals surface area contributed by atoms with Crippen LogP contribution in [0, 0.1) is 0 Å². The number of morpholine rings is 1. The molecule has 0 aliphatic carbocycles. The van der Waals surface area contributed by atoms with Gasteiger partial charge in [0, 0.05) is 36.9 Å². The number of rotatable bonds is 5. The topological polar surface area (TPSA) is 75.3 Å². The van der Waals surface area contributed by atoms with Crippen LogP contribution in [0.4, 0.5) is 11.6 Å². The second kappa shape index (κ2) is 7.31. The summed E-state index contributed by atoms with van der Waals surface area (Å²) in [4.78, 5) is 14.4. The summed E-state index contributed by atoms with van der Waals surface area (Å²) >= 11 is 0. The molecule has 1 aliphatic rings. The SMILES string of the molecule is COc1cc([C@H](C)N2CCOCC2)ccc1Nc1ncc2cc[nH]c2n1. The van der Waals surface area contributed by atoms with Crippen LogP contribution < -0.4 is 10.1 Å². The maximum Gasteiger partial charge on any atom is 0.229 e. The van der Waals surface area contributed by atoms with Crippen molar-refractivity contribution in [2.75, 3.05) is 38.7 Å². The summed E-state index contributed by atoms with van der Waals surface area (Å²) in [5.41, 5.74) is 2.87. The van der Waals surface area contributed by atoms with Gasteiger partial charge in [-0.3, -0.25) is 4.90 Å². The van der Waals surface area contributed by atoms with Gasteiger partial charge in [-0.05, 0) is 30.7 Å². The van der Waals surface area contributed by atoms with Crippen molar-refractivity contribution < 1.29 is 9.47 Å². The standard InChI is InChI=1S/C19H23N5O2/c1-13(24-7-9-26-10-8-24)14-3-4-16(17(11-14)25-2)22-19-21-12-15-5-6-20-18(15)23-19/h3-6,11-13H,7-10H2,1-2H3,(H2,20,21,22,23)/t13-/m0/s1. The third-order valence-electron chi connectivity index (χ3n) is 4.85. The number of H-pyrrole nitrogens is 1. The first kappa shape index (κ1) is 16.8. The summed E-state index contributed by atoms with van der Waals surface area (Å²) < 4.78 is 11.0. The van der Waals surface area contributed by atoms with Gasteiger partial charge in [0.2, 0.25) is 5.95 Å². The summed E-state index contributed by atoms with van der Waals surface area (Å²) in [5, 5.41) is 4.23. The second-order valence-electron chi connectivity index (χ2n) is 6.38. The molecule has 26 heavy (non-hydrogen) atoms. The molecule has 0 spiro atoms. The highest BCUT2D eigenvalue weighted by Crippen LogP contribution is 2.32. The maximum atomic E-state index is 5.60. The van der Waals surface area contributed by atoms with Crippen LogP contribution >= 0.6 is 0 Å². The molecule has 1 saturated heterocycles. The van der Waals surface area contributed by atoms with Gasteiger partial charge in [-0.25, -0.2) is 4.98 Å². The van der Waals surface area contributed by atoms with Crippen LogP contribution in [0.15, 0.2) is 36.7 Å². The number of aromatic amines is 1. The lowest BCUT2D eigenvalue weighted by Crippen LogP contribution is -2.38. The van der Waals surface area contributed by atoms with Gasteiger partial charge in [0.25, 0.3) is 0 Å². The molecule has 3 aromatic rings. The lowest BCUT2D eigenvalue weighted by atomic mass is 10.1. The Hall–Kier alpha value is -2.64. The molecule has 136 valence electrons. The first-order chi connectivity index (χ1) is 12.7. The smallest absolute Gasteiger partial charge is 0.229 e. The molecule has 0 unspecified atom stereocenters. The average Bonchev–Trinajstić information content (AvgIpc) is 3.16. The van der Waals surface area contributed by atoms with E-state index in [9.17, 15) is 0 Å². The average molecular weight is 353 g/mol. The van der Waals surface area contributed by atoms with Crippen molar-refractivity contribution in [1.82, 2.24) is 19.9 Å². The lowest BCUT2D eigenvalue weighted by Gasteiger charge is -2.32. The van der Waals surface area contributed by atoms with Gasteiger partial charge in [0.15, 0.2) is 0 Å². The number of hydrogen-bond acceptors (Lipinski definition) is 6. The molecule has 7 heteroatoms. The third kappa shape index (κ3) is 3.36. The number of methoxy groups -OCH3 is 1. The van der Waals surface area contributed by atoms with Gasteiger partial charge in [0.05, 0.1) is 26.0 Å². The number of ether oxygens (including phenoxy) is 2. The van der Waals surface area contributed by atoms with Crippen molar-refractivity contribution in [2.24, 2.45) is 0 Å². The molecule has 2 aromatic heterocycles. The maximum absolute atomic E-state index is 5.60. The van der Waals surface area contributed by atoms with E-state index in [0.717, 1.165) is 48.8 Å². The van der Waals surface area contributed by atoms with E-state index in [-0.39, 0.29) is 0 Å². The molecule has 1 aromatic carbocycles. The van der Waals surface area contributed by atoms with Crippen LogP contribution in [0.2, 0.25) is 0 Å². The molecule has 1 atom stereocenters. The third-order valence-corrected chi connectivity index (χ3v) is 4.85. The summed E-state index contributed by atoms with van der Waals surface area (Å²) in [5.74, 6) is 1.31. The molecule has 3 heterocycles. The predicted octanol–water partition coefficient (Wildman–Crippen LogP) is 3.10. The summed E-state index contributed by atoms with van der Waals surface area (Å²) in [6.45, 7) is 5.70. The van der Waals surface area contributed by atoms with E-state index >= 15 is 0 Å². The molecular formula is C19H23N5O2. The Labute approximate surface area is 152 Å². The fraction of sp³-hybridized carbons (Fsp3) is 0.368. The first-order valence-corrected chi connectivity index (χ1v) is 8.81. The van der Waals surface area contributed by atoms with E-state index in [0.29, 0.717) is 12.0 Å². The van der Waals surface area contributed by atoms with Gasteiger partial charge in [-0.1, -0.05) is 6.07 Å². The van der Waals surface area contributed by atoms with Crippen LogP contribution in [0.1, 0.15) is 18.5 Å². The van der Waals surface area contributed by atoms with Crippen molar-refractivity contribution in [1.29, 1.82) is 0 Å². The molecule has 2 N–H and O–H groups in total. The highest BCUT2D eigenvalue weighted by atomic mass is 16.5. The number of benzene rings is 1. The predicted molar refractivity (Wildman–Crippen MR) is 101 cm³/mol. The normalized spacial score (nSPS) is 16.5.